The van der Waals surface area contributed by atoms with E-state index in [4.69, 9.17) is 0 Å². The molecule has 116 valence electrons. The van der Waals surface area contributed by atoms with Crippen LogP contribution in [0.4, 0.5) is 16.3 Å². The molecule has 0 spiro atoms. The highest BCUT2D eigenvalue weighted by Gasteiger charge is 2.13. The second-order valence-electron chi connectivity index (χ2n) is 5.04. The van der Waals surface area contributed by atoms with Crippen molar-refractivity contribution in [1.82, 2.24) is 10.3 Å². The van der Waals surface area contributed by atoms with Crippen LogP contribution in [-0.4, -0.2) is 36.8 Å². The van der Waals surface area contributed by atoms with E-state index in [2.05, 4.69) is 15.6 Å². The first-order valence-corrected chi connectivity index (χ1v) is 6.97. The van der Waals surface area contributed by atoms with Gasteiger partial charge in [0.2, 0.25) is 0 Å². The average molecular weight is 300 g/mol. The Hall–Kier alpha value is -2.60. The molecule has 2 amide bonds. The van der Waals surface area contributed by atoms with Gasteiger partial charge in [-0.1, -0.05) is 30.3 Å². The number of urea groups is 1. The number of aliphatic hydroxyl groups excluding tert-OH is 1. The number of amides is 2. The first kappa shape index (κ1) is 15.8. The van der Waals surface area contributed by atoms with Crippen molar-refractivity contribution in [2.75, 3.05) is 30.9 Å². The van der Waals surface area contributed by atoms with E-state index in [-0.39, 0.29) is 12.6 Å². The molecule has 0 unspecified atom stereocenters. The maximum absolute atomic E-state index is 12.0. The van der Waals surface area contributed by atoms with E-state index < -0.39 is 6.04 Å². The van der Waals surface area contributed by atoms with Crippen molar-refractivity contribution in [3.63, 3.8) is 0 Å². The number of rotatable bonds is 5. The Bertz CT molecular complexity index is 599. The molecule has 0 aliphatic rings. The molecular weight excluding hydrogens is 280 g/mol. The normalized spacial score (nSPS) is 11.6. The maximum Gasteiger partial charge on any atom is 0.319 e. The molecule has 6 heteroatoms. The van der Waals surface area contributed by atoms with E-state index in [0.29, 0.717) is 5.69 Å². The predicted molar refractivity (Wildman–Crippen MR) is 87.0 cm³/mol. The van der Waals surface area contributed by atoms with Gasteiger partial charge in [0, 0.05) is 14.1 Å². The number of carbonyl (C=O) groups excluding carboxylic acids is 1. The quantitative estimate of drug-likeness (QED) is 0.789. The topological polar surface area (TPSA) is 77.5 Å². The fraction of sp³-hybridized carbons (Fsp3) is 0.250. The van der Waals surface area contributed by atoms with Crippen molar-refractivity contribution in [3.05, 3.63) is 54.2 Å². The molecule has 1 aromatic heterocycles. The van der Waals surface area contributed by atoms with Crippen molar-refractivity contribution in [1.29, 1.82) is 0 Å². The Morgan fingerprint density at radius 3 is 2.50 bits per heavy atom. The smallest absolute Gasteiger partial charge is 0.319 e. The van der Waals surface area contributed by atoms with Gasteiger partial charge in [0.1, 0.15) is 5.82 Å². The summed E-state index contributed by atoms with van der Waals surface area (Å²) >= 11 is 0. The highest BCUT2D eigenvalue weighted by molar-refractivity contribution is 5.89. The molecule has 6 nitrogen and oxygen atoms in total. The lowest BCUT2D eigenvalue weighted by atomic mass is 10.1. The zero-order chi connectivity index (χ0) is 15.9. The highest BCUT2D eigenvalue weighted by Crippen LogP contribution is 2.14. The summed E-state index contributed by atoms with van der Waals surface area (Å²) < 4.78 is 0. The fourth-order valence-corrected chi connectivity index (χ4v) is 1.97. The largest absolute Gasteiger partial charge is 0.394 e. The zero-order valence-electron chi connectivity index (χ0n) is 12.7. The number of benzene rings is 1. The van der Waals surface area contributed by atoms with E-state index in [1.54, 1.807) is 12.3 Å². The van der Waals surface area contributed by atoms with Gasteiger partial charge in [-0.3, -0.25) is 0 Å². The molecule has 0 saturated carbocycles. The third-order valence-corrected chi connectivity index (χ3v) is 3.15. The Morgan fingerprint density at radius 2 is 1.95 bits per heavy atom. The molecule has 0 fully saturated rings. The number of anilines is 2. The van der Waals surface area contributed by atoms with Crippen LogP contribution < -0.4 is 15.5 Å². The second-order valence-corrected chi connectivity index (χ2v) is 5.04. The molecule has 0 aliphatic heterocycles. The third kappa shape index (κ3) is 4.20. The molecule has 3 N–H and O–H groups in total. The molecule has 1 aromatic carbocycles. The van der Waals surface area contributed by atoms with E-state index in [1.807, 2.05) is 55.4 Å². The highest BCUT2D eigenvalue weighted by atomic mass is 16.3. The number of hydrogen-bond donors (Lipinski definition) is 3. The van der Waals surface area contributed by atoms with Gasteiger partial charge in [-0.2, -0.15) is 0 Å². The van der Waals surface area contributed by atoms with E-state index >= 15 is 0 Å². The number of carbonyl (C=O) groups is 1. The van der Waals surface area contributed by atoms with Crippen molar-refractivity contribution in [3.8, 4) is 0 Å². The minimum atomic E-state index is -0.449. The number of aromatic nitrogens is 1. The number of hydrogen-bond acceptors (Lipinski definition) is 4. The van der Waals surface area contributed by atoms with Crippen molar-refractivity contribution < 1.29 is 9.90 Å². The summed E-state index contributed by atoms with van der Waals surface area (Å²) in [5.41, 5.74) is 1.44. The summed E-state index contributed by atoms with van der Waals surface area (Å²) in [6.07, 6.45) is 1.59. The minimum Gasteiger partial charge on any atom is -0.394 e. The predicted octanol–water partition coefficient (Wildman–Crippen LogP) is 2.00. The number of nitrogens with zero attached hydrogens (tertiary/aromatic N) is 2. The molecule has 0 radical (unpaired) electrons. The van der Waals surface area contributed by atoms with E-state index in [0.717, 1.165) is 11.4 Å². The van der Waals surface area contributed by atoms with Gasteiger partial charge in [0.15, 0.2) is 0 Å². The Kier molecular flexibility index (Phi) is 5.32. The standard InChI is InChI=1S/C16H20N4O2/c1-20(2)15-9-8-13(10-17-15)18-16(22)19-14(11-21)12-6-4-3-5-7-12/h3-10,14,21H,11H2,1-2H3,(H2,18,19,22)/t14-/m0/s1. The Balaban J connectivity index is 1.97. The number of nitrogens with one attached hydrogen (secondary N) is 2. The molecule has 0 aliphatic carbocycles. The molecule has 1 atom stereocenters. The SMILES string of the molecule is CN(C)c1ccc(NC(=O)N[C@@H](CO)c2ccccc2)cn1. The van der Waals surface area contributed by atoms with Crippen LogP contribution in [-0.2, 0) is 0 Å². The molecule has 2 rings (SSSR count). The Morgan fingerprint density at radius 1 is 1.23 bits per heavy atom. The van der Waals surface area contributed by atoms with Crippen LogP contribution in [0, 0.1) is 0 Å². The summed E-state index contributed by atoms with van der Waals surface area (Å²) in [7, 11) is 3.79. The van der Waals surface area contributed by atoms with E-state index in [1.165, 1.54) is 0 Å². The molecule has 22 heavy (non-hydrogen) atoms. The molecular formula is C16H20N4O2. The van der Waals surface area contributed by atoms with Crippen molar-refractivity contribution >= 4 is 17.5 Å². The first-order valence-electron chi connectivity index (χ1n) is 6.97. The molecule has 0 saturated heterocycles. The van der Waals surface area contributed by atoms with Crippen molar-refractivity contribution in [2.24, 2.45) is 0 Å². The van der Waals surface area contributed by atoms with Gasteiger partial charge in [-0.25, -0.2) is 9.78 Å². The lowest BCUT2D eigenvalue weighted by molar-refractivity contribution is 0.225. The number of pyridine rings is 1. The summed E-state index contributed by atoms with van der Waals surface area (Å²) in [5, 5.41) is 14.9. The number of aliphatic hydroxyl groups is 1. The van der Waals surface area contributed by atoms with Crippen LogP contribution in [0.25, 0.3) is 0 Å². The first-order chi connectivity index (χ1) is 10.6. The van der Waals surface area contributed by atoms with Gasteiger partial charge in [0.25, 0.3) is 0 Å². The van der Waals surface area contributed by atoms with Crippen LogP contribution in [0.1, 0.15) is 11.6 Å². The second kappa shape index (κ2) is 7.42. The lowest BCUT2D eigenvalue weighted by Crippen LogP contribution is -2.34. The van der Waals surface area contributed by atoms with Crippen LogP contribution in [0.3, 0.4) is 0 Å². The fourth-order valence-electron chi connectivity index (χ4n) is 1.97. The Labute approximate surface area is 129 Å². The van der Waals surface area contributed by atoms with Crippen molar-refractivity contribution in [2.45, 2.75) is 6.04 Å². The third-order valence-electron chi connectivity index (χ3n) is 3.15. The van der Waals surface area contributed by atoms with Gasteiger partial charge in [-0.05, 0) is 17.7 Å². The molecule has 1 heterocycles. The maximum atomic E-state index is 12.0. The van der Waals surface area contributed by atoms with Gasteiger partial charge >= 0.3 is 6.03 Å². The van der Waals surface area contributed by atoms with E-state index in [9.17, 15) is 9.90 Å². The van der Waals surface area contributed by atoms with Gasteiger partial charge in [0.05, 0.1) is 24.5 Å². The van der Waals surface area contributed by atoms with Gasteiger partial charge in [-0.15, -0.1) is 0 Å². The van der Waals surface area contributed by atoms with Crippen LogP contribution >= 0.6 is 0 Å². The van der Waals surface area contributed by atoms with Crippen LogP contribution in [0.2, 0.25) is 0 Å². The van der Waals surface area contributed by atoms with Crippen LogP contribution in [0.5, 0.6) is 0 Å². The zero-order valence-corrected chi connectivity index (χ0v) is 12.7. The summed E-state index contributed by atoms with van der Waals surface area (Å²) in [5.74, 6) is 0.809. The minimum absolute atomic E-state index is 0.171. The molecule has 2 aromatic rings. The van der Waals surface area contributed by atoms with Gasteiger partial charge < -0.3 is 20.6 Å². The lowest BCUT2D eigenvalue weighted by Gasteiger charge is -2.17. The summed E-state index contributed by atoms with van der Waals surface area (Å²) in [6.45, 7) is -0.171. The average Bonchev–Trinajstić information content (AvgIpc) is 2.54. The summed E-state index contributed by atoms with van der Waals surface area (Å²) in [6, 6.07) is 12.1. The summed E-state index contributed by atoms with van der Waals surface area (Å²) in [4.78, 5) is 18.1. The van der Waals surface area contributed by atoms with Crippen LogP contribution in [0.15, 0.2) is 48.7 Å². The monoisotopic (exact) mass is 300 g/mol. The molecule has 0 bridgehead atoms.